The second-order valence-electron chi connectivity index (χ2n) is 6.13. The molecule has 0 aliphatic rings. The third-order valence-corrected chi connectivity index (χ3v) is 4.21. The molecule has 1 rings (SSSR count). The maximum atomic E-state index is 12.4. The van der Waals surface area contributed by atoms with Crippen LogP contribution in [0.5, 0.6) is 0 Å². The molecule has 25 heavy (non-hydrogen) atoms. The molecule has 0 unspecified atom stereocenters. The first-order valence-electron chi connectivity index (χ1n) is 8.47. The highest BCUT2D eigenvalue weighted by Crippen LogP contribution is 2.16. The van der Waals surface area contributed by atoms with Crippen molar-refractivity contribution in [3.63, 3.8) is 0 Å². The first kappa shape index (κ1) is 21.1. The van der Waals surface area contributed by atoms with Crippen molar-refractivity contribution in [1.82, 2.24) is 9.88 Å². The molecule has 0 aliphatic carbocycles. The lowest BCUT2D eigenvalue weighted by Crippen LogP contribution is -2.39. The zero-order valence-corrected chi connectivity index (χ0v) is 16.1. The van der Waals surface area contributed by atoms with E-state index in [2.05, 4.69) is 24.1 Å². The van der Waals surface area contributed by atoms with E-state index in [9.17, 15) is 14.4 Å². The highest BCUT2D eigenvalue weighted by atomic mass is 32.1. The lowest BCUT2D eigenvalue weighted by atomic mass is 10.1. The third kappa shape index (κ3) is 8.62. The van der Waals surface area contributed by atoms with E-state index in [0.717, 1.165) is 11.3 Å². The Kier molecular flexibility index (Phi) is 9.12. The van der Waals surface area contributed by atoms with E-state index >= 15 is 0 Å². The first-order chi connectivity index (χ1) is 11.8. The van der Waals surface area contributed by atoms with Crippen LogP contribution >= 0.6 is 11.3 Å². The summed E-state index contributed by atoms with van der Waals surface area (Å²) in [5.41, 5.74) is 0. The predicted molar refractivity (Wildman–Crippen MR) is 97.4 cm³/mol. The maximum absolute atomic E-state index is 12.4. The summed E-state index contributed by atoms with van der Waals surface area (Å²) in [5, 5.41) is 3.22. The first-order valence-corrected chi connectivity index (χ1v) is 9.29. The van der Waals surface area contributed by atoms with Crippen LogP contribution in [0.4, 0.5) is 5.13 Å². The molecule has 0 atom stereocenters. The van der Waals surface area contributed by atoms with Crippen LogP contribution in [0.1, 0.15) is 44.9 Å². The number of hydrogen-bond acceptors (Lipinski definition) is 6. The van der Waals surface area contributed by atoms with Gasteiger partial charge in [-0.2, -0.15) is 0 Å². The van der Waals surface area contributed by atoms with Gasteiger partial charge in [0.15, 0.2) is 5.13 Å². The minimum Gasteiger partial charge on any atom is -0.466 e. The predicted octanol–water partition coefficient (Wildman–Crippen LogP) is 2.61. The van der Waals surface area contributed by atoms with Crippen molar-refractivity contribution in [2.75, 3.05) is 25.0 Å². The summed E-state index contributed by atoms with van der Waals surface area (Å²) in [6.45, 7) is 8.45. The zero-order valence-electron chi connectivity index (χ0n) is 15.3. The van der Waals surface area contributed by atoms with Crippen molar-refractivity contribution in [3.05, 3.63) is 11.1 Å². The van der Waals surface area contributed by atoms with Crippen LogP contribution in [0.2, 0.25) is 0 Å². The van der Waals surface area contributed by atoms with Crippen LogP contribution in [-0.2, 0) is 19.1 Å². The van der Waals surface area contributed by atoms with Crippen LogP contribution in [0.25, 0.3) is 0 Å². The third-order valence-electron chi connectivity index (χ3n) is 3.38. The Labute approximate surface area is 152 Å². The van der Waals surface area contributed by atoms with E-state index in [0.29, 0.717) is 24.2 Å². The standard InChI is InChI=1S/C17H27N3O4S/c1-5-24-16(23)7-6-15(22)20(9-8-12(2)3)11-14(21)19-17-18-10-13(4)25-17/h10,12H,5-9,11H2,1-4H3,(H,18,19,21). The summed E-state index contributed by atoms with van der Waals surface area (Å²) in [6.07, 6.45) is 2.54. The van der Waals surface area contributed by atoms with E-state index < -0.39 is 5.97 Å². The molecule has 1 aromatic rings. The molecule has 0 spiro atoms. The van der Waals surface area contributed by atoms with Crippen LogP contribution in [-0.4, -0.2) is 47.4 Å². The van der Waals surface area contributed by atoms with E-state index in [1.54, 1.807) is 13.1 Å². The Morgan fingerprint density at radius 2 is 2.04 bits per heavy atom. The topological polar surface area (TPSA) is 88.6 Å². The van der Waals surface area contributed by atoms with Gasteiger partial charge in [-0.25, -0.2) is 4.98 Å². The van der Waals surface area contributed by atoms with E-state index in [4.69, 9.17) is 4.74 Å². The number of aryl methyl sites for hydroxylation is 1. The summed E-state index contributed by atoms with van der Waals surface area (Å²) < 4.78 is 4.84. The fourth-order valence-electron chi connectivity index (χ4n) is 2.05. The van der Waals surface area contributed by atoms with Gasteiger partial charge in [0.1, 0.15) is 0 Å². The van der Waals surface area contributed by atoms with Gasteiger partial charge in [-0.15, -0.1) is 11.3 Å². The lowest BCUT2D eigenvalue weighted by Gasteiger charge is -2.23. The van der Waals surface area contributed by atoms with Gasteiger partial charge in [0.2, 0.25) is 11.8 Å². The summed E-state index contributed by atoms with van der Waals surface area (Å²) in [5.74, 6) is -0.505. The highest BCUT2D eigenvalue weighted by Gasteiger charge is 2.19. The molecule has 0 bridgehead atoms. The Morgan fingerprint density at radius 3 is 2.60 bits per heavy atom. The van der Waals surface area contributed by atoms with Gasteiger partial charge >= 0.3 is 5.97 Å². The smallest absolute Gasteiger partial charge is 0.306 e. The van der Waals surface area contributed by atoms with Gasteiger partial charge in [-0.1, -0.05) is 13.8 Å². The van der Waals surface area contributed by atoms with E-state index in [1.807, 2.05) is 6.92 Å². The van der Waals surface area contributed by atoms with Gasteiger partial charge in [-0.05, 0) is 26.2 Å². The molecular formula is C17H27N3O4S. The van der Waals surface area contributed by atoms with Gasteiger partial charge in [0.25, 0.3) is 0 Å². The average Bonchev–Trinajstić information content (AvgIpc) is 2.94. The number of rotatable bonds is 10. The number of aromatic nitrogens is 1. The Hall–Kier alpha value is -1.96. The Morgan fingerprint density at radius 1 is 1.32 bits per heavy atom. The number of carbonyl (C=O) groups excluding carboxylic acids is 3. The molecule has 1 N–H and O–H groups in total. The quantitative estimate of drug-likeness (QED) is 0.641. The van der Waals surface area contributed by atoms with Crippen LogP contribution < -0.4 is 5.32 Å². The molecule has 0 aliphatic heterocycles. The SMILES string of the molecule is CCOC(=O)CCC(=O)N(CCC(C)C)CC(=O)Nc1ncc(C)s1. The molecule has 140 valence electrons. The number of carbonyl (C=O) groups is 3. The van der Waals surface area contributed by atoms with Crippen molar-refractivity contribution >= 4 is 34.3 Å². The fraction of sp³-hybridized carbons (Fsp3) is 0.647. The number of amides is 2. The van der Waals surface area contributed by atoms with Crippen LogP contribution in [0.3, 0.4) is 0 Å². The van der Waals surface area contributed by atoms with Crippen molar-refractivity contribution in [2.45, 2.75) is 47.0 Å². The van der Waals surface area contributed by atoms with E-state index in [-0.39, 0.29) is 31.2 Å². The maximum Gasteiger partial charge on any atom is 0.306 e. The van der Waals surface area contributed by atoms with E-state index in [1.165, 1.54) is 16.2 Å². The largest absolute Gasteiger partial charge is 0.466 e. The second-order valence-corrected chi connectivity index (χ2v) is 7.36. The lowest BCUT2D eigenvalue weighted by molar-refractivity contribution is -0.145. The second kappa shape index (κ2) is 10.8. The highest BCUT2D eigenvalue weighted by molar-refractivity contribution is 7.15. The van der Waals surface area contributed by atoms with Gasteiger partial charge in [0, 0.05) is 24.0 Å². The molecule has 0 fully saturated rings. The molecule has 1 heterocycles. The van der Waals surface area contributed by atoms with Crippen molar-refractivity contribution in [2.24, 2.45) is 5.92 Å². The van der Waals surface area contributed by atoms with Crippen molar-refractivity contribution < 1.29 is 19.1 Å². The molecule has 1 aromatic heterocycles. The van der Waals surface area contributed by atoms with Gasteiger partial charge in [-0.3, -0.25) is 14.4 Å². The number of anilines is 1. The number of ether oxygens (including phenoxy) is 1. The minimum absolute atomic E-state index is 0.0259. The van der Waals surface area contributed by atoms with Crippen LogP contribution in [0.15, 0.2) is 6.20 Å². The van der Waals surface area contributed by atoms with Gasteiger partial charge < -0.3 is 15.0 Å². The summed E-state index contributed by atoms with van der Waals surface area (Å²) in [6, 6.07) is 0. The van der Waals surface area contributed by atoms with Crippen molar-refractivity contribution in [3.8, 4) is 0 Å². The molecule has 0 radical (unpaired) electrons. The fourth-order valence-corrected chi connectivity index (χ4v) is 2.73. The summed E-state index contributed by atoms with van der Waals surface area (Å²) >= 11 is 1.38. The van der Waals surface area contributed by atoms with Crippen LogP contribution in [0, 0.1) is 12.8 Å². The molecule has 0 aromatic carbocycles. The average molecular weight is 369 g/mol. The summed E-state index contributed by atoms with van der Waals surface area (Å²) in [7, 11) is 0. The molecule has 2 amide bonds. The zero-order chi connectivity index (χ0) is 18.8. The normalized spacial score (nSPS) is 10.6. The number of esters is 1. The molecule has 0 saturated heterocycles. The Balaban J connectivity index is 2.59. The number of thiazole rings is 1. The monoisotopic (exact) mass is 369 g/mol. The molecule has 0 saturated carbocycles. The number of hydrogen-bond donors (Lipinski definition) is 1. The summed E-state index contributed by atoms with van der Waals surface area (Å²) in [4.78, 5) is 42.6. The Bertz CT molecular complexity index is 586. The molecular weight excluding hydrogens is 342 g/mol. The number of nitrogens with zero attached hydrogens (tertiary/aromatic N) is 2. The van der Waals surface area contributed by atoms with Gasteiger partial charge in [0.05, 0.1) is 19.6 Å². The molecule has 7 nitrogen and oxygen atoms in total. The van der Waals surface area contributed by atoms with Crippen molar-refractivity contribution in [1.29, 1.82) is 0 Å². The molecule has 8 heteroatoms. The number of nitrogens with one attached hydrogen (secondary N) is 1. The minimum atomic E-state index is -0.401.